The molecule has 0 spiro atoms. The van der Waals surface area contributed by atoms with Crippen molar-refractivity contribution in [2.45, 2.75) is 19.7 Å². The Morgan fingerprint density at radius 3 is 2.50 bits per heavy atom. The van der Waals surface area contributed by atoms with Gasteiger partial charge in [-0.15, -0.1) is 24.0 Å². The molecule has 0 radical (unpaired) electrons. The standard InChI is InChI=1S/C21H29FN4O.HI/c1-23-21(24-11-12-27-16-17-7-5-4-6-8-17)25-14-18-9-10-20(22)19(13-18)15-26(2)3;/h4-10,13H,11-12,14-16H2,1-3H3,(H2,23,24,25);1H. The fraction of sp³-hybridized carbons (Fsp3) is 0.381. The minimum Gasteiger partial charge on any atom is -0.375 e. The van der Waals surface area contributed by atoms with Gasteiger partial charge in [0, 0.05) is 32.2 Å². The number of hydrogen-bond acceptors (Lipinski definition) is 3. The first-order valence-corrected chi connectivity index (χ1v) is 9.06. The molecule has 28 heavy (non-hydrogen) atoms. The van der Waals surface area contributed by atoms with Gasteiger partial charge < -0.3 is 20.3 Å². The molecule has 0 amide bonds. The Labute approximate surface area is 184 Å². The Morgan fingerprint density at radius 1 is 1.07 bits per heavy atom. The van der Waals surface area contributed by atoms with Crippen LogP contribution >= 0.6 is 24.0 Å². The molecule has 0 aliphatic carbocycles. The summed E-state index contributed by atoms with van der Waals surface area (Å²) in [7, 11) is 5.58. The number of rotatable bonds is 9. The number of ether oxygens (including phenoxy) is 1. The van der Waals surface area contributed by atoms with Gasteiger partial charge in [0.1, 0.15) is 5.82 Å². The van der Waals surface area contributed by atoms with Crippen LogP contribution < -0.4 is 10.6 Å². The molecule has 2 N–H and O–H groups in total. The number of hydrogen-bond donors (Lipinski definition) is 2. The smallest absolute Gasteiger partial charge is 0.191 e. The number of aliphatic imine (C=N–C) groups is 1. The fourth-order valence-electron chi connectivity index (χ4n) is 2.61. The highest BCUT2D eigenvalue weighted by Gasteiger charge is 2.06. The summed E-state index contributed by atoms with van der Waals surface area (Å²) in [6.45, 7) is 2.98. The van der Waals surface area contributed by atoms with Gasteiger partial charge in [-0.25, -0.2) is 4.39 Å². The maximum Gasteiger partial charge on any atom is 0.191 e. The zero-order valence-corrected chi connectivity index (χ0v) is 19.1. The molecule has 0 saturated heterocycles. The second-order valence-electron chi connectivity index (χ2n) is 6.55. The third kappa shape index (κ3) is 8.99. The summed E-state index contributed by atoms with van der Waals surface area (Å²) >= 11 is 0. The molecule has 0 heterocycles. The zero-order valence-electron chi connectivity index (χ0n) is 16.7. The van der Waals surface area contributed by atoms with Gasteiger partial charge in [-0.05, 0) is 37.4 Å². The van der Waals surface area contributed by atoms with Crippen molar-refractivity contribution >= 4 is 29.9 Å². The molecule has 0 bridgehead atoms. The number of guanidine groups is 1. The molecule has 2 aromatic rings. The fourth-order valence-corrected chi connectivity index (χ4v) is 2.61. The summed E-state index contributed by atoms with van der Waals surface area (Å²) in [6.07, 6.45) is 0. The summed E-state index contributed by atoms with van der Waals surface area (Å²) < 4.78 is 19.5. The van der Waals surface area contributed by atoms with E-state index < -0.39 is 0 Å². The molecule has 0 unspecified atom stereocenters. The van der Waals surface area contributed by atoms with Gasteiger partial charge in [-0.1, -0.05) is 36.4 Å². The van der Waals surface area contributed by atoms with Crippen molar-refractivity contribution in [2.24, 2.45) is 4.99 Å². The Bertz CT molecular complexity index is 726. The lowest BCUT2D eigenvalue weighted by atomic mass is 10.1. The van der Waals surface area contributed by atoms with E-state index >= 15 is 0 Å². The van der Waals surface area contributed by atoms with E-state index in [0.29, 0.717) is 44.4 Å². The van der Waals surface area contributed by atoms with E-state index in [0.717, 1.165) is 11.1 Å². The monoisotopic (exact) mass is 500 g/mol. The Morgan fingerprint density at radius 2 is 1.82 bits per heavy atom. The third-order valence-corrected chi connectivity index (χ3v) is 3.93. The lowest BCUT2D eigenvalue weighted by Gasteiger charge is -2.14. The molecule has 0 aliphatic rings. The summed E-state index contributed by atoms with van der Waals surface area (Å²) in [5.41, 5.74) is 2.86. The minimum atomic E-state index is -0.175. The Hall–Kier alpha value is -1.71. The highest BCUT2D eigenvalue weighted by molar-refractivity contribution is 14.0. The first-order chi connectivity index (χ1) is 13.1. The first kappa shape index (κ1) is 24.3. The molecular weight excluding hydrogens is 470 g/mol. The van der Waals surface area contributed by atoms with Crippen molar-refractivity contribution in [2.75, 3.05) is 34.3 Å². The SMILES string of the molecule is CN=C(NCCOCc1ccccc1)NCc1ccc(F)c(CN(C)C)c1.I. The molecule has 0 atom stereocenters. The average molecular weight is 500 g/mol. The zero-order chi connectivity index (χ0) is 19.5. The van der Waals surface area contributed by atoms with Crippen LogP contribution in [0.15, 0.2) is 53.5 Å². The van der Waals surface area contributed by atoms with Crippen LogP contribution in [0.1, 0.15) is 16.7 Å². The van der Waals surface area contributed by atoms with Crippen molar-refractivity contribution < 1.29 is 9.13 Å². The topological polar surface area (TPSA) is 48.9 Å². The summed E-state index contributed by atoms with van der Waals surface area (Å²) in [5.74, 6) is 0.516. The summed E-state index contributed by atoms with van der Waals surface area (Å²) in [5, 5.41) is 6.46. The number of halogens is 2. The molecule has 0 aromatic heterocycles. The maximum absolute atomic E-state index is 13.9. The highest BCUT2D eigenvalue weighted by atomic mass is 127. The molecule has 2 aromatic carbocycles. The van der Waals surface area contributed by atoms with Crippen LogP contribution in [0.25, 0.3) is 0 Å². The van der Waals surface area contributed by atoms with Crippen LogP contribution in [0.4, 0.5) is 4.39 Å². The van der Waals surface area contributed by atoms with Gasteiger partial charge in [0.15, 0.2) is 5.96 Å². The van der Waals surface area contributed by atoms with Crippen molar-refractivity contribution in [3.8, 4) is 0 Å². The van der Waals surface area contributed by atoms with E-state index in [1.165, 1.54) is 6.07 Å². The lowest BCUT2D eigenvalue weighted by molar-refractivity contribution is 0.125. The van der Waals surface area contributed by atoms with Crippen LogP contribution in [-0.2, 0) is 24.4 Å². The first-order valence-electron chi connectivity index (χ1n) is 9.06. The van der Waals surface area contributed by atoms with E-state index in [1.807, 2.05) is 55.4 Å². The molecule has 2 rings (SSSR count). The molecule has 7 heteroatoms. The van der Waals surface area contributed by atoms with Crippen molar-refractivity contribution in [1.82, 2.24) is 15.5 Å². The van der Waals surface area contributed by atoms with Gasteiger partial charge in [-0.2, -0.15) is 0 Å². The quantitative estimate of drug-likeness (QED) is 0.240. The van der Waals surface area contributed by atoms with Crippen LogP contribution in [-0.4, -0.2) is 45.2 Å². The predicted molar refractivity (Wildman–Crippen MR) is 124 cm³/mol. The normalized spacial score (nSPS) is 11.2. The second kappa shape index (κ2) is 13.5. The van der Waals surface area contributed by atoms with Crippen LogP contribution in [0.2, 0.25) is 0 Å². The number of benzene rings is 2. The van der Waals surface area contributed by atoms with E-state index in [9.17, 15) is 4.39 Å². The molecule has 154 valence electrons. The average Bonchev–Trinajstić information content (AvgIpc) is 2.66. The van der Waals surface area contributed by atoms with E-state index in [4.69, 9.17) is 4.74 Å². The van der Waals surface area contributed by atoms with Gasteiger partial charge in [0.05, 0.1) is 13.2 Å². The molecule has 5 nitrogen and oxygen atoms in total. The van der Waals surface area contributed by atoms with E-state index in [-0.39, 0.29) is 29.8 Å². The predicted octanol–water partition coefficient (Wildman–Crippen LogP) is 3.39. The van der Waals surface area contributed by atoms with Crippen LogP contribution in [0, 0.1) is 5.82 Å². The Balaban J connectivity index is 0.00000392. The molecule has 0 saturated carbocycles. The number of nitrogens with one attached hydrogen (secondary N) is 2. The summed E-state index contributed by atoms with van der Waals surface area (Å²) in [4.78, 5) is 6.15. The molecule has 0 aliphatic heterocycles. The highest BCUT2D eigenvalue weighted by Crippen LogP contribution is 2.12. The molecule has 0 fully saturated rings. The second-order valence-corrected chi connectivity index (χ2v) is 6.55. The molecular formula is C21H30FIN4O. The number of nitrogens with zero attached hydrogens (tertiary/aromatic N) is 2. The van der Waals surface area contributed by atoms with Gasteiger partial charge in [0.2, 0.25) is 0 Å². The van der Waals surface area contributed by atoms with Gasteiger partial charge in [0.25, 0.3) is 0 Å². The van der Waals surface area contributed by atoms with Crippen molar-refractivity contribution in [3.63, 3.8) is 0 Å². The summed E-state index contributed by atoms with van der Waals surface area (Å²) in [6, 6.07) is 15.3. The van der Waals surface area contributed by atoms with Gasteiger partial charge >= 0.3 is 0 Å². The Kier molecular flexibility index (Phi) is 11.7. The van der Waals surface area contributed by atoms with Gasteiger partial charge in [-0.3, -0.25) is 4.99 Å². The van der Waals surface area contributed by atoms with E-state index in [1.54, 1.807) is 13.1 Å². The van der Waals surface area contributed by atoms with Crippen molar-refractivity contribution in [3.05, 3.63) is 71.0 Å². The van der Waals surface area contributed by atoms with Crippen LogP contribution in [0.3, 0.4) is 0 Å². The lowest BCUT2D eigenvalue weighted by Crippen LogP contribution is -2.38. The largest absolute Gasteiger partial charge is 0.375 e. The van der Waals surface area contributed by atoms with Crippen LogP contribution in [0.5, 0.6) is 0 Å². The maximum atomic E-state index is 13.9. The minimum absolute atomic E-state index is 0. The third-order valence-electron chi connectivity index (χ3n) is 3.93. The van der Waals surface area contributed by atoms with Crippen molar-refractivity contribution in [1.29, 1.82) is 0 Å². The van der Waals surface area contributed by atoms with E-state index in [2.05, 4.69) is 15.6 Å².